The summed E-state index contributed by atoms with van der Waals surface area (Å²) in [5.74, 6) is 1.29. The molecule has 1 saturated carbocycles. The highest BCUT2D eigenvalue weighted by Crippen LogP contribution is 2.30. The summed E-state index contributed by atoms with van der Waals surface area (Å²) < 4.78 is 10.5. The summed E-state index contributed by atoms with van der Waals surface area (Å²) in [7, 11) is 3.15. The summed E-state index contributed by atoms with van der Waals surface area (Å²) >= 11 is 0. The van der Waals surface area contributed by atoms with E-state index in [1.807, 2.05) is 12.1 Å². The second-order valence-electron chi connectivity index (χ2n) is 6.21. The molecule has 2 amide bonds. The third-order valence-electron chi connectivity index (χ3n) is 4.26. The summed E-state index contributed by atoms with van der Waals surface area (Å²) in [6, 6.07) is 12.4. The predicted molar refractivity (Wildman–Crippen MR) is 98.5 cm³/mol. The molecule has 6 nitrogen and oxygen atoms in total. The van der Waals surface area contributed by atoms with Crippen molar-refractivity contribution in [3.05, 3.63) is 53.6 Å². The highest BCUT2D eigenvalue weighted by molar-refractivity contribution is 5.96. The summed E-state index contributed by atoms with van der Waals surface area (Å²) in [6.45, 7) is 0.374. The lowest BCUT2D eigenvalue weighted by atomic mass is 10.1. The maximum Gasteiger partial charge on any atom is 0.251 e. The molecule has 136 valence electrons. The summed E-state index contributed by atoms with van der Waals surface area (Å²) in [5, 5.41) is 5.72. The minimum Gasteiger partial charge on any atom is -0.493 e. The molecule has 26 heavy (non-hydrogen) atoms. The van der Waals surface area contributed by atoms with E-state index in [1.54, 1.807) is 44.6 Å². The molecule has 2 N–H and O–H groups in total. The molecule has 0 atom stereocenters. The van der Waals surface area contributed by atoms with Gasteiger partial charge in [0.15, 0.2) is 11.5 Å². The van der Waals surface area contributed by atoms with Crippen molar-refractivity contribution in [3.63, 3.8) is 0 Å². The molecular formula is C20H22N2O4. The topological polar surface area (TPSA) is 76.7 Å². The van der Waals surface area contributed by atoms with Gasteiger partial charge in [0.05, 0.1) is 14.2 Å². The van der Waals surface area contributed by atoms with Crippen LogP contribution in [0, 0.1) is 5.92 Å². The fourth-order valence-electron chi connectivity index (χ4n) is 2.57. The van der Waals surface area contributed by atoms with Crippen molar-refractivity contribution in [2.24, 2.45) is 5.92 Å². The van der Waals surface area contributed by atoms with Gasteiger partial charge in [0.25, 0.3) is 5.91 Å². The van der Waals surface area contributed by atoms with Gasteiger partial charge in [0.1, 0.15) is 0 Å². The van der Waals surface area contributed by atoms with Gasteiger partial charge in [-0.05, 0) is 54.8 Å². The Hall–Kier alpha value is -3.02. The molecule has 0 saturated heterocycles. The Morgan fingerprint density at radius 3 is 2.31 bits per heavy atom. The SMILES string of the molecule is COc1ccc(CNC(=O)c2ccc(NC(=O)C3CC3)cc2)cc1OC. The number of benzene rings is 2. The largest absolute Gasteiger partial charge is 0.493 e. The molecule has 0 spiro atoms. The average Bonchev–Trinajstić information content (AvgIpc) is 3.51. The molecule has 1 fully saturated rings. The van der Waals surface area contributed by atoms with Crippen LogP contribution in [-0.4, -0.2) is 26.0 Å². The number of anilines is 1. The fraction of sp³-hybridized carbons (Fsp3) is 0.300. The van der Waals surface area contributed by atoms with Crippen LogP contribution in [0.3, 0.4) is 0 Å². The molecule has 0 heterocycles. The van der Waals surface area contributed by atoms with Crippen LogP contribution >= 0.6 is 0 Å². The van der Waals surface area contributed by atoms with Gasteiger partial charge in [-0.2, -0.15) is 0 Å². The van der Waals surface area contributed by atoms with Crippen molar-refractivity contribution in [2.75, 3.05) is 19.5 Å². The molecular weight excluding hydrogens is 332 g/mol. The minimum atomic E-state index is -0.181. The summed E-state index contributed by atoms with van der Waals surface area (Å²) in [5.41, 5.74) is 2.15. The lowest BCUT2D eigenvalue weighted by molar-refractivity contribution is -0.117. The molecule has 0 bridgehead atoms. The van der Waals surface area contributed by atoms with E-state index in [1.165, 1.54) is 0 Å². The number of rotatable bonds is 7. The zero-order valence-corrected chi connectivity index (χ0v) is 14.9. The number of ether oxygens (including phenoxy) is 2. The van der Waals surface area contributed by atoms with Crippen molar-refractivity contribution < 1.29 is 19.1 Å². The van der Waals surface area contributed by atoms with Gasteiger partial charge in [-0.25, -0.2) is 0 Å². The normalized spacial score (nSPS) is 13.0. The van der Waals surface area contributed by atoms with E-state index in [0.29, 0.717) is 29.3 Å². The molecule has 0 aliphatic heterocycles. The lowest BCUT2D eigenvalue weighted by Crippen LogP contribution is -2.22. The van der Waals surface area contributed by atoms with Crippen molar-refractivity contribution in [3.8, 4) is 11.5 Å². The Bertz CT molecular complexity index is 798. The summed E-state index contributed by atoms with van der Waals surface area (Å²) in [4.78, 5) is 24.0. The van der Waals surface area contributed by atoms with Gasteiger partial charge in [0, 0.05) is 23.7 Å². The van der Waals surface area contributed by atoms with Crippen molar-refractivity contribution in [1.29, 1.82) is 0 Å². The number of methoxy groups -OCH3 is 2. The van der Waals surface area contributed by atoms with Gasteiger partial charge in [-0.3, -0.25) is 9.59 Å². The van der Waals surface area contributed by atoms with Crippen molar-refractivity contribution >= 4 is 17.5 Å². The van der Waals surface area contributed by atoms with Crippen LogP contribution in [0.2, 0.25) is 0 Å². The number of nitrogens with one attached hydrogen (secondary N) is 2. The Balaban J connectivity index is 1.56. The smallest absolute Gasteiger partial charge is 0.251 e. The highest BCUT2D eigenvalue weighted by Gasteiger charge is 2.29. The molecule has 6 heteroatoms. The third-order valence-corrected chi connectivity index (χ3v) is 4.26. The minimum absolute atomic E-state index is 0.0515. The van der Waals surface area contributed by atoms with Crippen LogP contribution < -0.4 is 20.1 Å². The molecule has 3 rings (SSSR count). The molecule has 1 aliphatic rings. The van der Waals surface area contributed by atoms with Crippen LogP contribution in [-0.2, 0) is 11.3 Å². The summed E-state index contributed by atoms with van der Waals surface area (Å²) in [6.07, 6.45) is 1.92. The number of carbonyl (C=O) groups is 2. The van der Waals surface area contributed by atoms with Crippen LogP contribution in [0.15, 0.2) is 42.5 Å². The zero-order valence-electron chi connectivity index (χ0n) is 14.9. The first-order valence-corrected chi connectivity index (χ1v) is 8.50. The van der Waals surface area contributed by atoms with Gasteiger partial charge >= 0.3 is 0 Å². The third kappa shape index (κ3) is 4.33. The van der Waals surface area contributed by atoms with E-state index in [4.69, 9.17) is 9.47 Å². The molecule has 0 unspecified atom stereocenters. The monoisotopic (exact) mass is 354 g/mol. The Morgan fingerprint density at radius 2 is 1.69 bits per heavy atom. The van der Waals surface area contributed by atoms with Gasteiger partial charge < -0.3 is 20.1 Å². The Kier molecular flexibility index (Phi) is 5.41. The van der Waals surface area contributed by atoms with E-state index < -0.39 is 0 Å². The van der Waals surface area contributed by atoms with Crippen molar-refractivity contribution in [1.82, 2.24) is 5.32 Å². The molecule has 0 aromatic heterocycles. The second-order valence-corrected chi connectivity index (χ2v) is 6.21. The Morgan fingerprint density at radius 1 is 1.00 bits per heavy atom. The number of hydrogen-bond donors (Lipinski definition) is 2. The van der Waals surface area contributed by atoms with Gasteiger partial charge in [0.2, 0.25) is 5.91 Å². The highest BCUT2D eigenvalue weighted by atomic mass is 16.5. The lowest BCUT2D eigenvalue weighted by Gasteiger charge is -2.11. The zero-order chi connectivity index (χ0) is 18.5. The molecule has 1 aliphatic carbocycles. The first-order chi connectivity index (χ1) is 12.6. The molecule has 0 radical (unpaired) electrons. The standard InChI is InChI=1S/C20H22N2O4/c1-25-17-10-3-13(11-18(17)26-2)12-21-19(23)14-6-8-16(9-7-14)22-20(24)15-4-5-15/h3,6-11,15H,4-5,12H2,1-2H3,(H,21,23)(H,22,24). The number of carbonyl (C=O) groups excluding carboxylic acids is 2. The maximum atomic E-state index is 12.3. The van der Waals surface area contributed by atoms with E-state index in [-0.39, 0.29) is 17.7 Å². The van der Waals surface area contributed by atoms with E-state index in [2.05, 4.69) is 10.6 Å². The van der Waals surface area contributed by atoms with E-state index >= 15 is 0 Å². The quantitative estimate of drug-likeness (QED) is 0.801. The molecule has 2 aromatic carbocycles. The number of hydrogen-bond acceptors (Lipinski definition) is 4. The average molecular weight is 354 g/mol. The van der Waals surface area contributed by atoms with Gasteiger partial charge in [-0.1, -0.05) is 6.07 Å². The van der Waals surface area contributed by atoms with E-state index in [9.17, 15) is 9.59 Å². The van der Waals surface area contributed by atoms with Crippen LogP contribution in [0.5, 0.6) is 11.5 Å². The Labute approximate surface area is 152 Å². The first-order valence-electron chi connectivity index (χ1n) is 8.50. The predicted octanol–water partition coefficient (Wildman–Crippen LogP) is 2.98. The van der Waals surface area contributed by atoms with E-state index in [0.717, 1.165) is 18.4 Å². The van der Waals surface area contributed by atoms with Crippen molar-refractivity contribution in [2.45, 2.75) is 19.4 Å². The van der Waals surface area contributed by atoms with Crippen LogP contribution in [0.1, 0.15) is 28.8 Å². The fourth-order valence-corrected chi connectivity index (χ4v) is 2.57. The van der Waals surface area contributed by atoms with Crippen LogP contribution in [0.4, 0.5) is 5.69 Å². The van der Waals surface area contributed by atoms with Crippen LogP contribution in [0.25, 0.3) is 0 Å². The van der Waals surface area contributed by atoms with Gasteiger partial charge in [-0.15, -0.1) is 0 Å². The second kappa shape index (κ2) is 7.91. The first kappa shape index (κ1) is 17.8. The molecule has 2 aromatic rings. The number of amides is 2. The maximum absolute atomic E-state index is 12.3.